The van der Waals surface area contributed by atoms with Crippen LogP contribution in [-0.4, -0.2) is 44.1 Å². The quantitative estimate of drug-likeness (QED) is 0.210. The van der Waals surface area contributed by atoms with Crippen LogP contribution in [0.1, 0.15) is 43.9 Å². The lowest BCUT2D eigenvalue weighted by Crippen LogP contribution is -2.47. The number of carbonyl (C=O) groups is 2. The van der Waals surface area contributed by atoms with Gasteiger partial charge in [-0.2, -0.15) is 5.10 Å². The predicted molar refractivity (Wildman–Crippen MR) is 158 cm³/mol. The molecular formula is C32H37N3O7. The molecule has 1 aliphatic heterocycles. The third kappa shape index (κ3) is 8.63. The Hall–Kier alpha value is -4.73. The Balaban J connectivity index is 1.33. The molecule has 0 saturated heterocycles. The van der Waals surface area contributed by atoms with Crippen LogP contribution in [0.2, 0.25) is 0 Å². The van der Waals surface area contributed by atoms with E-state index in [1.165, 1.54) is 6.21 Å². The minimum Gasteiger partial charge on any atom is -0.490 e. The maximum absolute atomic E-state index is 12.9. The molecule has 4 rings (SSSR count). The van der Waals surface area contributed by atoms with Crippen molar-refractivity contribution in [2.45, 2.75) is 46.8 Å². The van der Waals surface area contributed by atoms with E-state index in [2.05, 4.69) is 15.8 Å². The summed E-state index contributed by atoms with van der Waals surface area (Å²) < 4.78 is 28.2. The summed E-state index contributed by atoms with van der Waals surface area (Å²) in [6.45, 7) is 8.53. The number of hydrogen-bond acceptors (Lipinski definition) is 8. The van der Waals surface area contributed by atoms with E-state index < -0.39 is 11.9 Å². The average molecular weight is 576 g/mol. The number of amides is 2. The summed E-state index contributed by atoms with van der Waals surface area (Å²) in [7, 11) is 0. The molecule has 0 radical (unpaired) electrons. The highest BCUT2D eigenvalue weighted by molar-refractivity contribution is 5.89. The number of nitrogens with zero attached hydrogens (tertiary/aromatic N) is 1. The number of aryl methyl sites for hydroxylation is 1. The molecule has 0 spiro atoms. The number of benzene rings is 3. The van der Waals surface area contributed by atoms with Crippen molar-refractivity contribution in [1.29, 1.82) is 0 Å². The van der Waals surface area contributed by atoms with Crippen molar-refractivity contribution in [3.05, 3.63) is 77.4 Å². The second-order valence-corrected chi connectivity index (χ2v) is 10.2. The molecule has 1 atom stereocenters. The van der Waals surface area contributed by atoms with Crippen LogP contribution in [-0.2, 0) is 16.2 Å². The van der Waals surface area contributed by atoms with Crippen LogP contribution in [0.5, 0.6) is 28.7 Å². The zero-order valence-electron chi connectivity index (χ0n) is 24.3. The van der Waals surface area contributed by atoms with E-state index in [-0.39, 0.29) is 25.2 Å². The number of carbonyl (C=O) groups excluding carboxylic acids is 2. The molecule has 0 saturated carbocycles. The summed E-state index contributed by atoms with van der Waals surface area (Å²) in [5, 5.41) is 6.87. The summed E-state index contributed by atoms with van der Waals surface area (Å²) in [6, 6.07) is 17.7. The van der Waals surface area contributed by atoms with Gasteiger partial charge in [0.2, 0.25) is 6.79 Å². The van der Waals surface area contributed by atoms with Crippen molar-refractivity contribution in [3.8, 4) is 28.7 Å². The van der Waals surface area contributed by atoms with Crippen LogP contribution in [0, 0.1) is 12.8 Å². The highest BCUT2D eigenvalue weighted by Gasteiger charge is 2.22. The SMILES string of the molecule is CCOc1cc(/C=N\NC(=O)[C@@H](CC(C)C)NC(=O)COc2ccccc2C)ccc1OCc1ccc2c(c1)OCO2. The van der Waals surface area contributed by atoms with Gasteiger partial charge in [-0.05, 0) is 79.3 Å². The van der Waals surface area contributed by atoms with E-state index in [0.717, 1.165) is 16.9 Å². The molecule has 0 fully saturated rings. The monoisotopic (exact) mass is 575 g/mol. The van der Waals surface area contributed by atoms with Gasteiger partial charge in [0.1, 0.15) is 18.4 Å². The normalized spacial score (nSPS) is 12.7. The first-order chi connectivity index (χ1) is 20.3. The van der Waals surface area contributed by atoms with Crippen molar-refractivity contribution in [2.24, 2.45) is 11.0 Å². The highest BCUT2D eigenvalue weighted by Crippen LogP contribution is 2.34. The molecule has 10 nitrogen and oxygen atoms in total. The third-order valence-corrected chi connectivity index (χ3v) is 6.30. The van der Waals surface area contributed by atoms with Gasteiger partial charge in [0, 0.05) is 0 Å². The minimum absolute atomic E-state index is 0.168. The lowest BCUT2D eigenvalue weighted by atomic mass is 10.0. The molecule has 3 aromatic carbocycles. The molecule has 2 N–H and O–H groups in total. The fraction of sp³-hybridized carbons (Fsp3) is 0.344. The first kappa shape index (κ1) is 30.2. The number of hydrazone groups is 1. The van der Waals surface area contributed by atoms with Crippen LogP contribution >= 0.6 is 0 Å². The molecule has 0 bridgehead atoms. The number of para-hydroxylation sites is 1. The van der Waals surface area contributed by atoms with Gasteiger partial charge in [-0.3, -0.25) is 9.59 Å². The van der Waals surface area contributed by atoms with Crippen LogP contribution < -0.4 is 34.4 Å². The van der Waals surface area contributed by atoms with Crippen LogP contribution in [0.25, 0.3) is 0 Å². The lowest BCUT2D eigenvalue weighted by Gasteiger charge is -2.19. The molecule has 2 amide bonds. The maximum Gasteiger partial charge on any atom is 0.262 e. The topological polar surface area (TPSA) is 117 Å². The van der Waals surface area contributed by atoms with Gasteiger partial charge in [0.15, 0.2) is 29.6 Å². The predicted octanol–water partition coefficient (Wildman–Crippen LogP) is 4.76. The number of nitrogens with one attached hydrogen (secondary N) is 2. The van der Waals surface area contributed by atoms with Gasteiger partial charge < -0.3 is 29.0 Å². The van der Waals surface area contributed by atoms with Crippen molar-refractivity contribution < 1.29 is 33.3 Å². The van der Waals surface area contributed by atoms with Gasteiger partial charge in [0.05, 0.1) is 12.8 Å². The van der Waals surface area contributed by atoms with Crippen LogP contribution in [0.4, 0.5) is 0 Å². The van der Waals surface area contributed by atoms with E-state index in [1.54, 1.807) is 18.2 Å². The van der Waals surface area contributed by atoms with Gasteiger partial charge in [-0.25, -0.2) is 5.43 Å². The number of ether oxygens (including phenoxy) is 5. The van der Waals surface area contributed by atoms with Crippen molar-refractivity contribution in [2.75, 3.05) is 20.0 Å². The zero-order chi connectivity index (χ0) is 29.9. The fourth-order valence-corrected chi connectivity index (χ4v) is 4.23. The van der Waals surface area contributed by atoms with Crippen molar-refractivity contribution in [1.82, 2.24) is 10.7 Å². The number of hydrogen-bond donors (Lipinski definition) is 2. The molecule has 0 aliphatic carbocycles. The van der Waals surface area contributed by atoms with Gasteiger partial charge in [-0.1, -0.05) is 38.1 Å². The summed E-state index contributed by atoms with van der Waals surface area (Å²) >= 11 is 0. The molecule has 0 aromatic heterocycles. The average Bonchev–Trinajstić information content (AvgIpc) is 3.44. The first-order valence-corrected chi connectivity index (χ1v) is 13.9. The fourth-order valence-electron chi connectivity index (χ4n) is 4.23. The van der Waals surface area contributed by atoms with E-state index in [4.69, 9.17) is 23.7 Å². The van der Waals surface area contributed by atoms with Crippen molar-refractivity contribution in [3.63, 3.8) is 0 Å². The molecule has 222 valence electrons. The van der Waals surface area contributed by atoms with Crippen molar-refractivity contribution >= 4 is 18.0 Å². The second kappa shape index (κ2) is 14.8. The Labute approximate surface area is 246 Å². The number of rotatable bonds is 14. The Morgan fingerprint density at radius 3 is 2.55 bits per heavy atom. The maximum atomic E-state index is 12.9. The third-order valence-electron chi connectivity index (χ3n) is 6.30. The molecular weight excluding hydrogens is 538 g/mol. The Kier molecular flexibility index (Phi) is 10.6. The lowest BCUT2D eigenvalue weighted by molar-refractivity contribution is -0.130. The van der Waals surface area contributed by atoms with Gasteiger partial charge in [-0.15, -0.1) is 0 Å². The Morgan fingerprint density at radius 1 is 0.952 bits per heavy atom. The first-order valence-electron chi connectivity index (χ1n) is 13.9. The zero-order valence-corrected chi connectivity index (χ0v) is 24.3. The standard InChI is InChI=1S/C32H37N3O7/c1-5-38-29-15-23(10-12-27(29)39-18-24-11-13-28-30(16-24)42-20-41-28)17-33-35-32(37)25(14-21(2)3)34-31(36)19-40-26-9-7-6-8-22(26)4/h6-13,15-17,21,25H,5,14,18-20H2,1-4H3,(H,34,36)(H,35,37)/b33-17-/t25-/m1/s1. The smallest absolute Gasteiger partial charge is 0.262 e. The van der Waals surface area contributed by atoms with Crippen LogP contribution in [0.3, 0.4) is 0 Å². The molecule has 0 unspecified atom stereocenters. The van der Waals surface area contributed by atoms with E-state index in [9.17, 15) is 9.59 Å². The summed E-state index contributed by atoms with van der Waals surface area (Å²) in [5.74, 6) is 2.52. The summed E-state index contributed by atoms with van der Waals surface area (Å²) in [5.41, 5.74) is 5.09. The largest absolute Gasteiger partial charge is 0.490 e. The van der Waals surface area contributed by atoms with Gasteiger partial charge in [0.25, 0.3) is 11.8 Å². The minimum atomic E-state index is -0.763. The molecule has 3 aromatic rings. The van der Waals surface area contributed by atoms with E-state index in [0.29, 0.717) is 48.2 Å². The Morgan fingerprint density at radius 2 is 1.76 bits per heavy atom. The highest BCUT2D eigenvalue weighted by atomic mass is 16.7. The molecule has 42 heavy (non-hydrogen) atoms. The van der Waals surface area contributed by atoms with E-state index >= 15 is 0 Å². The van der Waals surface area contributed by atoms with E-state index in [1.807, 2.05) is 70.2 Å². The van der Waals surface area contributed by atoms with Crippen LogP contribution in [0.15, 0.2) is 65.8 Å². The number of fused-ring (bicyclic) bond motifs is 1. The summed E-state index contributed by atoms with van der Waals surface area (Å²) in [4.78, 5) is 25.5. The summed E-state index contributed by atoms with van der Waals surface area (Å²) in [6.07, 6.45) is 1.96. The van der Waals surface area contributed by atoms with Gasteiger partial charge >= 0.3 is 0 Å². The molecule has 1 aliphatic rings. The molecule has 10 heteroatoms. The molecule has 1 heterocycles. The second-order valence-electron chi connectivity index (χ2n) is 10.2. The Bertz CT molecular complexity index is 1410.